The van der Waals surface area contributed by atoms with Crippen molar-refractivity contribution in [1.29, 1.82) is 0 Å². The minimum atomic E-state index is -0.352. The molecule has 0 bridgehead atoms. The second-order valence-corrected chi connectivity index (χ2v) is 6.09. The summed E-state index contributed by atoms with van der Waals surface area (Å²) in [5.74, 6) is 1.55. The van der Waals surface area contributed by atoms with Gasteiger partial charge >= 0.3 is 0 Å². The van der Waals surface area contributed by atoms with Crippen LogP contribution in [0.15, 0.2) is 33.9 Å². The van der Waals surface area contributed by atoms with Crippen molar-refractivity contribution in [2.75, 3.05) is 5.32 Å². The number of aromatic amines is 1. The lowest BCUT2D eigenvalue weighted by Crippen LogP contribution is -2.12. The van der Waals surface area contributed by atoms with Crippen molar-refractivity contribution in [2.45, 2.75) is 30.7 Å². The number of anilines is 1. The largest absolute Gasteiger partial charge is 0.339 e. The van der Waals surface area contributed by atoms with Crippen LogP contribution in [0.5, 0.6) is 0 Å². The number of aromatic nitrogens is 5. The van der Waals surface area contributed by atoms with E-state index in [0.717, 1.165) is 5.82 Å². The molecular weight excluding hydrogens is 347 g/mol. The van der Waals surface area contributed by atoms with E-state index in [-0.39, 0.29) is 18.1 Å². The number of halogens is 1. The summed E-state index contributed by atoms with van der Waals surface area (Å²) in [5.41, 5.74) is 0.538. The van der Waals surface area contributed by atoms with Crippen molar-refractivity contribution in [1.82, 2.24) is 25.3 Å². The maximum absolute atomic E-state index is 12.8. The van der Waals surface area contributed by atoms with Crippen LogP contribution in [0.2, 0.25) is 0 Å². The van der Waals surface area contributed by atoms with Crippen LogP contribution in [0.3, 0.4) is 0 Å². The molecule has 1 aromatic carbocycles. The van der Waals surface area contributed by atoms with E-state index in [9.17, 15) is 9.18 Å². The summed E-state index contributed by atoms with van der Waals surface area (Å²) in [6, 6.07) is 5.57. The van der Waals surface area contributed by atoms with E-state index in [1.807, 2.05) is 6.92 Å². The number of hydrogen-bond acceptors (Lipinski definition) is 7. The lowest BCUT2D eigenvalue weighted by Gasteiger charge is -2.03. The molecule has 1 amide bonds. The molecule has 2 aromatic heterocycles. The van der Waals surface area contributed by atoms with E-state index < -0.39 is 0 Å². The second kappa shape index (κ2) is 7.88. The number of rotatable bonds is 7. The Hall–Kier alpha value is -2.75. The van der Waals surface area contributed by atoms with Crippen molar-refractivity contribution < 1.29 is 13.7 Å². The molecule has 0 aliphatic heterocycles. The van der Waals surface area contributed by atoms with E-state index in [1.165, 1.54) is 36.0 Å². The zero-order chi connectivity index (χ0) is 17.6. The Morgan fingerprint density at radius 1 is 1.32 bits per heavy atom. The lowest BCUT2D eigenvalue weighted by molar-refractivity contribution is -0.116. The summed E-state index contributed by atoms with van der Waals surface area (Å²) in [5, 5.41) is 13.9. The number of nitrogens with one attached hydrogen (secondary N) is 2. The van der Waals surface area contributed by atoms with Crippen LogP contribution >= 0.6 is 11.8 Å². The van der Waals surface area contributed by atoms with Gasteiger partial charge in [0.1, 0.15) is 11.6 Å². The number of thioether (sulfide) groups is 1. The van der Waals surface area contributed by atoms with Crippen LogP contribution < -0.4 is 5.32 Å². The van der Waals surface area contributed by atoms with Gasteiger partial charge in [-0.05, 0) is 31.2 Å². The highest BCUT2D eigenvalue weighted by molar-refractivity contribution is 7.98. The Balaban J connectivity index is 1.44. The van der Waals surface area contributed by atoms with Gasteiger partial charge in [0.15, 0.2) is 5.82 Å². The van der Waals surface area contributed by atoms with Gasteiger partial charge in [-0.25, -0.2) is 9.37 Å². The fraction of sp³-hybridized carbons (Fsp3) is 0.267. The number of H-pyrrole nitrogens is 1. The predicted molar refractivity (Wildman–Crippen MR) is 88.3 cm³/mol. The summed E-state index contributed by atoms with van der Waals surface area (Å²) in [4.78, 5) is 20.3. The number of hydrogen-bond donors (Lipinski definition) is 2. The molecule has 10 heteroatoms. The normalized spacial score (nSPS) is 10.8. The fourth-order valence-electron chi connectivity index (χ4n) is 1.94. The SMILES string of the molecule is Cc1nc(SCc2noc(CCC(=O)Nc3ccc(F)cc3)n2)n[nH]1. The first kappa shape index (κ1) is 17.1. The Morgan fingerprint density at radius 2 is 2.12 bits per heavy atom. The molecule has 0 saturated carbocycles. The van der Waals surface area contributed by atoms with E-state index in [4.69, 9.17) is 4.52 Å². The minimum Gasteiger partial charge on any atom is -0.339 e. The van der Waals surface area contributed by atoms with Gasteiger partial charge in [0.2, 0.25) is 17.0 Å². The van der Waals surface area contributed by atoms with Crippen LogP contribution in [-0.4, -0.2) is 31.2 Å². The highest BCUT2D eigenvalue weighted by Crippen LogP contribution is 2.17. The van der Waals surface area contributed by atoms with Crippen LogP contribution in [0.25, 0.3) is 0 Å². The zero-order valence-corrected chi connectivity index (χ0v) is 14.1. The summed E-state index contributed by atoms with van der Waals surface area (Å²) < 4.78 is 17.9. The number of carbonyl (C=O) groups excluding carboxylic acids is 1. The number of benzene rings is 1. The van der Waals surface area contributed by atoms with Crippen LogP contribution in [0.1, 0.15) is 24.0 Å². The quantitative estimate of drug-likeness (QED) is 0.621. The Labute approximate surface area is 146 Å². The molecule has 25 heavy (non-hydrogen) atoms. The van der Waals surface area contributed by atoms with Crippen molar-refractivity contribution in [2.24, 2.45) is 0 Å². The van der Waals surface area contributed by atoms with Crippen molar-refractivity contribution in [3.05, 3.63) is 47.6 Å². The van der Waals surface area contributed by atoms with E-state index in [1.54, 1.807) is 0 Å². The molecule has 8 nitrogen and oxygen atoms in total. The van der Waals surface area contributed by atoms with Crippen molar-refractivity contribution in [3.8, 4) is 0 Å². The van der Waals surface area contributed by atoms with Gasteiger partial charge in [-0.1, -0.05) is 16.9 Å². The van der Waals surface area contributed by atoms with Crippen LogP contribution in [0.4, 0.5) is 10.1 Å². The smallest absolute Gasteiger partial charge is 0.227 e. The molecule has 3 rings (SSSR count). The molecular formula is C15H15FN6O2S. The Bertz CT molecular complexity index is 848. The Morgan fingerprint density at radius 3 is 2.84 bits per heavy atom. The minimum absolute atomic E-state index is 0.187. The zero-order valence-electron chi connectivity index (χ0n) is 13.3. The summed E-state index contributed by atoms with van der Waals surface area (Å²) in [7, 11) is 0. The third kappa shape index (κ3) is 5.11. The van der Waals surface area contributed by atoms with Gasteiger partial charge in [-0.2, -0.15) is 4.98 Å². The molecule has 0 radical (unpaired) electrons. The second-order valence-electron chi connectivity index (χ2n) is 5.15. The van der Waals surface area contributed by atoms with Crippen LogP contribution in [-0.2, 0) is 17.0 Å². The standard InChI is InChI=1S/C15H15FN6O2S/c1-9-17-15(21-20-9)25-8-12-19-14(24-22-12)7-6-13(23)18-11-4-2-10(16)3-5-11/h2-5H,6-8H2,1H3,(H,18,23)(H,17,20,21). The molecule has 2 N–H and O–H groups in total. The first-order valence-electron chi connectivity index (χ1n) is 7.47. The average molecular weight is 362 g/mol. The number of nitrogens with zero attached hydrogens (tertiary/aromatic N) is 4. The van der Waals surface area contributed by atoms with E-state index in [0.29, 0.717) is 34.7 Å². The Kier molecular flexibility index (Phi) is 5.39. The fourth-order valence-corrected chi connectivity index (χ4v) is 2.63. The molecule has 0 aliphatic rings. The molecule has 0 atom stereocenters. The lowest BCUT2D eigenvalue weighted by atomic mass is 10.2. The third-order valence-corrected chi connectivity index (χ3v) is 3.95. The van der Waals surface area contributed by atoms with Crippen molar-refractivity contribution in [3.63, 3.8) is 0 Å². The molecule has 0 spiro atoms. The van der Waals surface area contributed by atoms with Crippen molar-refractivity contribution >= 4 is 23.4 Å². The summed E-state index contributed by atoms with van der Waals surface area (Å²) in [6.07, 6.45) is 0.511. The molecule has 0 aliphatic carbocycles. The number of aryl methyl sites for hydroxylation is 2. The third-order valence-electron chi connectivity index (χ3n) is 3.11. The maximum atomic E-state index is 12.8. The van der Waals surface area contributed by atoms with Gasteiger partial charge in [0.05, 0.1) is 5.75 Å². The van der Waals surface area contributed by atoms with Gasteiger partial charge in [-0.15, -0.1) is 5.10 Å². The molecule has 0 unspecified atom stereocenters. The first-order chi connectivity index (χ1) is 12.1. The van der Waals surface area contributed by atoms with E-state index >= 15 is 0 Å². The molecule has 0 saturated heterocycles. The van der Waals surface area contributed by atoms with Gasteiger partial charge in [0, 0.05) is 18.5 Å². The van der Waals surface area contributed by atoms with Gasteiger partial charge < -0.3 is 9.84 Å². The van der Waals surface area contributed by atoms with Crippen LogP contribution in [0, 0.1) is 12.7 Å². The van der Waals surface area contributed by atoms with E-state index in [2.05, 4.69) is 30.6 Å². The first-order valence-corrected chi connectivity index (χ1v) is 8.46. The number of amides is 1. The predicted octanol–water partition coefficient (Wildman–Crippen LogP) is 2.50. The topological polar surface area (TPSA) is 110 Å². The molecule has 0 fully saturated rings. The monoisotopic (exact) mass is 362 g/mol. The van der Waals surface area contributed by atoms with Gasteiger partial charge in [-0.3, -0.25) is 9.89 Å². The summed E-state index contributed by atoms with van der Waals surface area (Å²) >= 11 is 1.39. The molecule has 2 heterocycles. The van der Waals surface area contributed by atoms with Gasteiger partial charge in [0.25, 0.3) is 0 Å². The highest BCUT2D eigenvalue weighted by atomic mass is 32.2. The average Bonchev–Trinajstić information content (AvgIpc) is 3.22. The maximum Gasteiger partial charge on any atom is 0.227 e. The molecule has 130 valence electrons. The summed E-state index contributed by atoms with van der Waals surface area (Å²) in [6.45, 7) is 1.82. The number of carbonyl (C=O) groups is 1. The molecule has 3 aromatic rings. The highest BCUT2D eigenvalue weighted by Gasteiger charge is 2.11.